The Labute approximate surface area is 146 Å². The van der Waals surface area contributed by atoms with Crippen LogP contribution in [0, 0.1) is 5.82 Å². The molecule has 3 aromatic rings. The van der Waals surface area contributed by atoms with Crippen molar-refractivity contribution in [3.8, 4) is 22.6 Å². The van der Waals surface area contributed by atoms with Crippen LogP contribution in [0.1, 0.15) is 0 Å². The van der Waals surface area contributed by atoms with Gasteiger partial charge in [-0.15, -0.1) is 0 Å². The van der Waals surface area contributed by atoms with E-state index in [0.717, 1.165) is 12.1 Å². The van der Waals surface area contributed by atoms with E-state index in [9.17, 15) is 17.6 Å². The molecule has 0 N–H and O–H groups in total. The molecule has 3 aromatic carbocycles. The predicted molar refractivity (Wildman–Crippen MR) is 90.3 cm³/mol. The van der Waals surface area contributed by atoms with Crippen LogP contribution in [0.2, 0.25) is 0 Å². The summed E-state index contributed by atoms with van der Waals surface area (Å²) in [7, 11) is 0. The Balaban J connectivity index is 2.16. The summed E-state index contributed by atoms with van der Waals surface area (Å²) in [5, 5.41) is 0. The van der Waals surface area contributed by atoms with Gasteiger partial charge in [0, 0.05) is 10.5 Å². The van der Waals surface area contributed by atoms with Crippen molar-refractivity contribution in [2.24, 2.45) is 0 Å². The Morgan fingerprint density at radius 1 is 0.760 bits per heavy atom. The molecule has 128 valence electrons. The maximum atomic E-state index is 14.4. The van der Waals surface area contributed by atoms with Gasteiger partial charge in [-0.25, -0.2) is 4.39 Å². The summed E-state index contributed by atoms with van der Waals surface area (Å²) < 4.78 is 58.8. The lowest BCUT2D eigenvalue weighted by Crippen LogP contribution is -2.02. The van der Waals surface area contributed by atoms with E-state index in [0.29, 0.717) is 11.3 Å². The summed E-state index contributed by atoms with van der Waals surface area (Å²) in [6.07, 6.45) is 0. The Hall–Kier alpha value is -2.47. The molecule has 0 saturated heterocycles. The third kappa shape index (κ3) is 4.33. The van der Waals surface area contributed by atoms with Gasteiger partial charge in [-0.1, -0.05) is 48.5 Å². The number of halogens is 4. The molecule has 0 aliphatic rings. The molecular weight excluding hydrogens is 352 g/mol. The number of hydrogen-bond acceptors (Lipinski definition) is 2. The number of thioether (sulfide) groups is 1. The maximum absolute atomic E-state index is 14.4. The van der Waals surface area contributed by atoms with Gasteiger partial charge in [0.25, 0.3) is 0 Å². The van der Waals surface area contributed by atoms with Gasteiger partial charge in [-0.2, -0.15) is 13.2 Å². The lowest BCUT2D eigenvalue weighted by atomic mass is 10.0. The van der Waals surface area contributed by atoms with Crippen molar-refractivity contribution in [3.63, 3.8) is 0 Å². The average molecular weight is 364 g/mol. The Morgan fingerprint density at radius 3 is 1.96 bits per heavy atom. The van der Waals surface area contributed by atoms with Gasteiger partial charge in [-0.3, -0.25) is 0 Å². The van der Waals surface area contributed by atoms with E-state index >= 15 is 0 Å². The molecule has 0 aliphatic heterocycles. The van der Waals surface area contributed by atoms with Crippen molar-refractivity contribution >= 4 is 11.8 Å². The van der Waals surface area contributed by atoms with Crippen LogP contribution in [0.15, 0.2) is 77.7 Å². The van der Waals surface area contributed by atoms with Gasteiger partial charge < -0.3 is 4.74 Å². The minimum atomic E-state index is -4.49. The fourth-order valence-corrected chi connectivity index (χ4v) is 3.03. The normalized spacial score (nSPS) is 11.4. The predicted octanol–water partition coefficient (Wildman–Crippen LogP) is 6.90. The molecule has 0 bridgehead atoms. The van der Waals surface area contributed by atoms with Crippen LogP contribution in [-0.4, -0.2) is 5.51 Å². The SMILES string of the molecule is Fc1ccc(SC(F)(F)F)c(-c2ccccc2)c1Oc1ccccc1. The molecule has 0 spiro atoms. The van der Waals surface area contributed by atoms with Crippen LogP contribution in [0.5, 0.6) is 11.5 Å². The van der Waals surface area contributed by atoms with Crippen LogP contribution < -0.4 is 4.74 Å². The maximum Gasteiger partial charge on any atom is 0.446 e. The fraction of sp³-hybridized carbons (Fsp3) is 0.0526. The minimum absolute atomic E-state index is 0.0757. The molecule has 0 aromatic heterocycles. The van der Waals surface area contributed by atoms with Crippen molar-refractivity contribution in [1.82, 2.24) is 0 Å². The molecule has 25 heavy (non-hydrogen) atoms. The van der Waals surface area contributed by atoms with Crippen LogP contribution >= 0.6 is 11.8 Å². The zero-order valence-electron chi connectivity index (χ0n) is 12.8. The number of benzene rings is 3. The zero-order chi connectivity index (χ0) is 17.9. The zero-order valence-corrected chi connectivity index (χ0v) is 13.6. The van der Waals surface area contributed by atoms with E-state index in [1.807, 2.05) is 0 Å². The minimum Gasteiger partial charge on any atom is -0.454 e. The summed E-state index contributed by atoms with van der Waals surface area (Å²) in [6.45, 7) is 0. The van der Waals surface area contributed by atoms with E-state index < -0.39 is 11.3 Å². The number of rotatable bonds is 4. The Bertz CT molecular complexity index is 849. The smallest absolute Gasteiger partial charge is 0.446 e. The topological polar surface area (TPSA) is 9.23 Å². The largest absolute Gasteiger partial charge is 0.454 e. The van der Waals surface area contributed by atoms with Crippen molar-refractivity contribution < 1.29 is 22.3 Å². The molecule has 1 nitrogen and oxygen atoms in total. The van der Waals surface area contributed by atoms with Gasteiger partial charge in [0.15, 0.2) is 11.6 Å². The highest BCUT2D eigenvalue weighted by atomic mass is 32.2. The van der Waals surface area contributed by atoms with Gasteiger partial charge in [0.2, 0.25) is 0 Å². The molecule has 0 fully saturated rings. The lowest BCUT2D eigenvalue weighted by molar-refractivity contribution is -0.0328. The van der Waals surface area contributed by atoms with Gasteiger partial charge in [-0.05, 0) is 41.6 Å². The first-order chi connectivity index (χ1) is 11.9. The first kappa shape index (κ1) is 17.4. The summed E-state index contributed by atoms with van der Waals surface area (Å²) in [4.78, 5) is -0.119. The van der Waals surface area contributed by atoms with Gasteiger partial charge in [0.05, 0.1) is 0 Å². The molecule has 0 aliphatic carbocycles. The first-order valence-corrected chi connectivity index (χ1v) is 8.12. The van der Waals surface area contributed by atoms with Gasteiger partial charge in [0.1, 0.15) is 5.75 Å². The fourth-order valence-electron chi connectivity index (χ4n) is 2.33. The van der Waals surface area contributed by atoms with Gasteiger partial charge >= 0.3 is 5.51 Å². The van der Waals surface area contributed by atoms with E-state index in [-0.39, 0.29) is 28.0 Å². The number of para-hydroxylation sites is 1. The first-order valence-electron chi connectivity index (χ1n) is 7.30. The summed E-state index contributed by atoms with van der Waals surface area (Å²) >= 11 is -0.291. The lowest BCUT2D eigenvalue weighted by Gasteiger charge is -2.17. The van der Waals surface area contributed by atoms with Crippen LogP contribution in [0.4, 0.5) is 17.6 Å². The second-order valence-electron chi connectivity index (χ2n) is 5.08. The highest BCUT2D eigenvalue weighted by molar-refractivity contribution is 8.00. The van der Waals surface area contributed by atoms with E-state index in [1.54, 1.807) is 60.7 Å². The van der Waals surface area contributed by atoms with Crippen molar-refractivity contribution in [2.45, 2.75) is 10.4 Å². The number of ether oxygens (including phenoxy) is 1. The summed E-state index contributed by atoms with van der Waals surface area (Å²) in [5.41, 5.74) is -3.97. The summed E-state index contributed by atoms with van der Waals surface area (Å²) in [6, 6.07) is 18.8. The van der Waals surface area contributed by atoms with Crippen molar-refractivity contribution in [2.75, 3.05) is 0 Å². The summed E-state index contributed by atoms with van der Waals surface area (Å²) in [5.74, 6) is -0.617. The molecular formula is C19H12F4OS. The monoisotopic (exact) mass is 364 g/mol. The van der Waals surface area contributed by atoms with Crippen LogP contribution in [0.25, 0.3) is 11.1 Å². The highest BCUT2D eigenvalue weighted by Crippen LogP contribution is 2.47. The van der Waals surface area contributed by atoms with Crippen molar-refractivity contribution in [3.05, 3.63) is 78.6 Å². The quantitative estimate of drug-likeness (QED) is 0.368. The number of alkyl halides is 3. The van der Waals surface area contributed by atoms with E-state index in [4.69, 9.17) is 4.74 Å². The van der Waals surface area contributed by atoms with Crippen LogP contribution in [-0.2, 0) is 0 Å². The molecule has 0 amide bonds. The highest BCUT2D eigenvalue weighted by Gasteiger charge is 2.32. The second-order valence-corrected chi connectivity index (χ2v) is 6.19. The molecule has 0 atom stereocenters. The third-order valence-electron chi connectivity index (χ3n) is 3.32. The van der Waals surface area contributed by atoms with E-state index in [1.165, 1.54) is 0 Å². The molecule has 0 saturated carbocycles. The van der Waals surface area contributed by atoms with Crippen LogP contribution in [0.3, 0.4) is 0 Å². The van der Waals surface area contributed by atoms with Crippen molar-refractivity contribution in [1.29, 1.82) is 0 Å². The molecule has 0 unspecified atom stereocenters. The van der Waals surface area contributed by atoms with E-state index in [2.05, 4.69) is 0 Å². The Morgan fingerprint density at radius 2 is 1.36 bits per heavy atom. The third-order valence-corrected chi connectivity index (χ3v) is 4.11. The molecule has 0 heterocycles. The second kappa shape index (κ2) is 7.19. The molecule has 6 heteroatoms. The molecule has 0 radical (unpaired) electrons. The number of hydrogen-bond donors (Lipinski definition) is 0. The average Bonchev–Trinajstić information content (AvgIpc) is 2.58. The Kier molecular flexibility index (Phi) is 4.99. The molecule has 3 rings (SSSR count). The standard InChI is InChI=1S/C19H12F4OS/c20-15-11-12-16(25-19(21,22)23)17(13-7-3-1-4-8-13)18(15)24-14-9-5-2-6-10-14/h1-12H.